The Bertz CT molecular complexity index is 371. The molecule has 0 spiro atoms. The summed E-state index contributed by atoms with van der Waals surface area (Å²) in [5, 5.41) is 1.59. The van der Waals surface area contributed by atoms with E-state index in [1.807, 2.05) is 18.2 Å². The van der Waals surface area contributed by atoms with E-state index in [9.17, 15) is 3.83 Å². The standard InChI is InChI=1S/C9H9NOSe/c1-2-7-3-4-8-9(5-7)12(11)6-10-8/h3-6H,2H2,1H3. The zero-order valence-electron chi connectivity index (χ0n) is 6.78. The fourth-order valence-electron chi connectivity index (χ4n) is 1.21. The van der Waals surface area contributed by atoms with Crippen molar-refractivity contribution < 1.29 is 3.83 Å². The average molecular weight is 226 g/mol. The van der Waals surface area contributed by atoms with Crippen molar-refractivity contribution in [2.75, 3.05) is 0 Å². The van der Waals surface area contributed by atoms with Crippen LogP contribution in [0.25, 0.3) is 0 Å². The molecule has 1 atom stereocenters. The maximum atomic E-state index is 11.4. The van der Waals surface area contributed by atoms with E-state index in [0.29, 0.717) is 0 Å². The Balaban J connectivity index is 2.55. The van der Waals surface area contributed by atoms with Crippen molar-refractivity contribution in [3.63, 3.8) is 0 Å². The van der Waals surface area contributed by atoms with E-state index in [2.05, 4.69) is 11.9 Å². The van der Waals surface area contributed by atoms with Crippen LogP contribution in [-0.4, -0.2) is 18.9 Å². The first-order valence-electron chi connectivity index (χ1n) is 3.89. The topological polar surface area (TPSA) is 29.4 Å². The van der Waals surface area contributed by atoms with Crippen LogP contribution in [0.5, 0.6) is 0 Å². The van der Waals surface area contributed by atoms with Crippen molar-refractivity contribution in [2.45, 2.75) is 13.3 Å². The van der Waals surface area contributed by atoms with Gasteiger partial charge in [0.2, 0.25) is 0 Å². The van der Waals surface area contributed by atoms with Crippen LogP contribution in [0.1, 0.15) is 12.5 Å². The second-order valence-corrected chi connectivity index (χ2v) is 5.30. The molecule has 0 fully saturated rings. The van der Waals surface area contributed by atoms with Crippen LogP contribution < -0.4 is 4.46 Å². The van der Waals surface area contributed by atoms with E-state index in [0.717, 1.165) is 16.6 Å². The van der Waals surface area contributed by atoms with Crippen molar-refractivity contribution in [3.05, 3.63) is 23.8 Å². The van der Waals surface area contributed by atoms with Gasteiger partial charge in [-0.05, 0) is 0 Å². The van der Waals surface area contributed by atoms with E-state index in [1.54, 1.807) is 5.11 Å². The minimum absolute atomic E-state index is 0.896. The molecule has 1 aromatic carbocycles. The van der Waals surface area contributed by atoms with Crippen molar-refractivity contribution in [1.82, 2.24) is 0 Å². The summed E-state index contributed by atoms with van der Waals surface area (Å²) in [6.07, 6.45) is 0.992. The monoisotopic (exact) mass is 227 g/mol. The van der Waals surface area contributed by atoms with Gasteiger partial charge in [-0.3, -0.25) is 0 Å². The molecule has 0 amide bonds. The average Bonchev–Trinajstić information content (AvgIpc) is 2.47. The molecule has 1 heterocycles. The first-order chi connectivity index (χ1) is 5.81. The summed E-state index contributed by atoms with van der Waals surface area (Å²) in [7, 11) is 0. The van der Waals surface area contributed by atoms with Gasteiger partial charge in [-0.25, -0.2) is 0 Å². The van der Waals surface area contributed by atoms with Gasteiger partial charge in [-0.1, -0.05) is 0 Å². The Kier molecular flexibility index (Phi) is 1.91. The predicted octanol–water partition coefficient (Wildman–Crippen LogP) is 1.13. The number of aryl methyl sites for hydroxylation is 1. The van der Waals surface area contributed by atoms with E-state index in [-0.39, 0.29) is 0 Å². The van der Waals surface area contributed by atoms with Gasteiger partial charge >= 0.3 is 75.0 Å². The Morgan fingerprint density at radius 1 is 1.50 bits per heavy atom. The van der Waals surface area contributed by atoms with Crippen LogP contribution in [0.3, 0.4) is 0 Å². The molecule has 12 heavy (non-hydrogen) atoms. The molecule has 0 N–H and O–H groups in total. The zero-order chi connectivity index (χ0) is 8.55. The number of benzene rings is 1. The molecule has 1 aliphatic rings. The first kappa shape index (κ1) is 7.84. The minimum atomic E-state index is -1.90. The van der Waals surface area contributed by atoms with E-state index < -0.39 is 13.8 Å². The summed E-state index contributed by atoms with van der Waals surface area (Å²) in [5.41, 5.74) is 2.14. The number of aliphatic imine (C=N–C) groups is 1. The first-order valence-corrected chi connectivity index (χ1v) is 6.43. The number of fused-ring (bicyclic) bond motifs is 1. The molecular weight excluding hydrogens is 217 g/mol. The second-order valence-electron chi connectivity index (χ2n) is 2.69. The third-order valence-corrected chi connectivity index (χ3v) is 4.16. The van der Waals surface area contributed by atoms with Gasteiger partial charge in [0.25, 0.3) is 0 Å². The number of rotatable bonds is 1. The van der Waals surface area contributed by atoms with Crippen molar-refractivity contribution in [2.24, 2.45) is 4.99 Å². The normalized spacial score (nSPS) is 19.6. The van der Waals surface area contributed by atoms with Crippen molar-refractivity contribution in [1.29, 1.82) is 0 Å². The SMILES string of the molecule is CCc1ccc2c(c1)[Se](=O)C=N2. The second kappa shape index (κ2) is 2.92. The van der Waals surface area contributed by atoms with Crippen LogP contribution in [0.2, 0.25) is 0 Å². The molecule has 1 aliphatic heterocycles. The summed E-state index contributed by atoms with van der Waals surface area (Å²) in [5.74, 6) is 0. The molecule has 0 saturated carbocycles. The quantitative estimate of drug-likeness (QED) is 0.660. The van der Waals surface area contributed by atoms with E-state index in [1.165, 1.54) is 5.56 Å². The summed E-state index contributed by atoms with van der Waals surface area (Å²) in [4.78, 5) is 4.07. The van der Waals surface area contributed by atoms with Crippen molar-refractivity contribution in [3.8, 4) is 0 Å². The Morgan fingerprint density at radius 2 is 2.33 bits per heavy atom. The van der Waals surface area contributed by atoms with Gasteiger partial charge in [0.05, 0.1) is 0 Å². The molecule has 62 valence electrons. The van der Waals surface area contributed by atoms with Gasteiger partial charge in [0.1, 0.15) is 0 Å². The molecule has 1 aromatic rings. The number of hydrogen-bond acceptors (Lipinski definition) is 2. The molecule has 2 rings (SSSR count). The van der Waals surface area contributed by atoms with Crippen LogP contribution in [0.15, 0.2) is 23.2 Å². The molecule has 0 aromatic heterocycles. The van der Waals surface area contributed by atoms with E-state index >= 15 is 0 Å². The van der Waals surface area contributed by atoms with Crippen LogP contribution in [-0.2, 0) is 10.3 Å². The van der Waals surface area contributed by atoms with Gasteiger partial charge < -0.3 is 0 Å². The van der Waals surface area contributed by atoms with Crippen LogP contribution in [0, 0.1) is 0 Å². The van der Waals surface area contributed by atoms with Gasteiger partial charge in [-0.2, -0.15) is 0 Å². The zero-order valence-corrected chi connectivity index (χ0v) is 8.49. The van der Waals surface area contributed by atoms with Crippen LogP contribution >= 0.6 is 0 Å². The van der Waals surface area contributed by atoms with Crippen molar-refractivity contribution >= 4 is 29.1 Å². The Morgan fingerprint density at radius 3 is 3.08 bits per heavy atom. The van der Waals surface area contributed by atoms with Gasteiger partial charge in [-0.15, -0.1) is 0 Å². The molecule has 0 radical (unpaired) electrons. The number of nitrogens with zero attached hydrogens (tertiary/aromatic N) is 1. The number of hydrogen-bond donors (Lipinski definition) is 0. The summed E-state index contributed by atoms with van der Waals surface area (Å²) < 4.78 is 12.3. The molecule has 0 aliphatic carbocycles. The fraction of sp³-hybridized carbons (Fsp3) is 0.222. The van der Waals surface area contributed by atoms with Gasteiger partial charge in [0.15, 0.2) is 0 Å². The van der Waals surface area contributed by atoms with E-state index in [4.69, 9.17) is 0 Å². The molecule has 0 saturated heterocycles. The summed E-state index contributed by atoms with van der Waals surface area (Å²) in [6.45, 7) is 2.09. The molecule has 0 bridgehead atoms. The Hall–Kier alpha value is -0.791. The van der Waals surface area contributed by atoms with Gasteiger partial charge in [0, 0.05) is 0 Å². The Labute approximate surface area is 75.4 Å². The molecule has 3 heteroatoms. The summed E-state index contributed by atoms with van der Waals surface area (Å²) in [6, 6.07) is 6.01. The molecule has 1 unspecified atom stereocenters. The molecular formula is C9H9NOSe. The summed E-state index contributed by atoms with van der Waals surface area (Å²) >= 11 is -1.90. The third kappa shape index (κ3) is 1.15. The molecule has 2 nitrogen and oxygen atoms in total. The predicted molar refractivity (Wildman–Crippen MR) is 50.0 cm³/mol. The fourth-order valence-corrected chi connectivity index (χ4v) is 3.13. The maximum absolute atomic E-state index is 11.4. The third-order valence-electron chi connectivity index (χ3n) is 1.94. The van der Waals surface area contributed by atoms with Crippen LogP contribution in [0.4, 0.5) is 5.69 Å².